The highest BCUT2D eigenvalue weighted by molar-refractivity contribution is 5.96. The van der Waals surface area contributed by atoms with Crippen LogP contribution in [0.2, 0.25) is 0 Å². The Bertz CT molecular complexity index is 805. The summed E-state index contributed by atoms with van der Waals surface area (Å²) in [7, 11) is 0. The van der Waals surface area contributed by atoms with Crippen molar-refractivity contribution in [3.05, 3.63) is 58.7 Å². The van der Waals surface area contributed by atoms with Gasteiger partial charge in [0.2, 0.25) is 11.8 Å². The van der Waals surface area contributed by atoms with Crippen LogP contribution >= 0.6 is 0 Å². The number of aryl methyl sites for hydroxylation is 4. The third-order valence-electron chi connectivity index (χ3n) is 4.85. The van der Waals surface area contributed by atoms with E-state index in [1.165, 1.54) is 0 Å². The zero-order valence-electron chi connectivity index (χ0n) is 17.1. The van der Waals surface area contributed by atoms with Gasteiger partial charge < -0.3 is 10.2 Å². The fraction of sp³-hybridized carbons (Fsp3) is 0.391. The number of rotatable bonds is 7. The highest BCUT2D eigenvalue weighted by Crippen LogP contribution is 2.24. The van der Waals surface area contributed by atoms with E-state index in [2.05, 4.69) is 25.2 Å². The van der Waals surface area contributed by atoms with E-state index in [4.69, 9.17) is 0 Å². The Kier molecular flexibility index (Phi) is 7.17. The van der Waals surface area contributed by atoms with Gasteiger partial charge in [-0.3, -0.25) is 9.59 Å². The molecule has 1 N–H and O–H groups in total. The topological polar surface area (TPSA) is 49.4 Å². The number of carbonyl (C=O) groups excluding carboxylic acids is 2. The van der Waals surface area contributed by atoms with Crippen LogP contribution in [0.1, 0.15) is 49.4 Å². The van der Waals surface area contributed by atoms with E-state index in [0.29, 0.717) is 6.54 Å². The summed E-state index contributed by atoms with van der Waals surface area (Å²) in [5.41, 5.74) is 6.26. The van der Waals surface area contributed by atoms with E-state index in [0.717, 1.165) is 46.5 Å². The molecule has 2 rings (SSSR count). The van der Waals surface area contributed by atoms with Gasteiger partial charge in [0.05, 0.1) is 0 Å². The molecule has 0 saturated carbocycles. The van der Waals surface area contributed by atoms with Gasteiger partial charge in [0.1, 0.15) is 0 Å². The van der Waals surface area contributed by atoms with Crippen LogP contribution in [0.4, 0.5) is 11.4 Å². The van der Waals surface area contributed by atoms with Crippen LogP contribution in [0.5, 0.6) is 0 Å². The minimum Gasteiger partial charge on any atom is -0.326 e. The first-order valence-corrected chi connectivity index (χ1v) is 9.63. The van der Waals surface area contributed by atoms with Crippen molar-refractivity contribution < 1.29 is 9.59 Å². The van der Waals surface area contributed by atoms with Crippen LogP contribution in [0.3, 0.4) is 0 Å². The van der Waals surface area contributed by atoms with Gasteiger partial charge >= 0.3 is 0 Å². The van der Waals surface area contributed by atoms with Crippen LogP contribution in [-0.2, 0) is 22.4 Å². The molecule has 0 aliphatic heterocycles. The summed E-state index contributed by atoms with van der Waals surface area (Å²) in [5, 5.41) is 3.07. The summed E-state index contributed by atoms with van der Waals surface area (Å²) in [6, 6.07) is 12.1. The third-order valence-corrected chi connectivity index (χ3v) is 4.85. The average Bonchev–Trinajstić information content (AvgIpc) is 2.63. The summed E-state index contributed by atoms with van der Waals surface area (Å²) >= 11 is 0. The highest BCUT2D eigenvalue weighted by atomic mass is 16.2. The number of amides is 2. The molecule has 2 aromatic carbocycles. The Labute approximate surface area is 162 Å². The average molecular weight is 367 g/mol. The summed E-state index contributed by atoms with van der Waals surface area (Å²) in [6.45, 7) is 10.1. The lowest BCUT2D eigenvalue weighted by atomic mass is 10.0. The Morgan fingerprint density at radius 1 is 1.00 bits per heavy atom. The van der Waals surface area contributed by atoms with E-state index in [9.17, 15) is 9.59 Å². The van der Waals surface area contributed by atoms with Gasteiger partial charge in [-0.05, 0) is 49.4 Å². The van der Waals surface area contributed by atoms with Crippen molar-refractivity contribution in [1.82, 2.24) is 0 Å². The van der Waals surface area contributed by atoms with Gasteiger partial charge in [0.25, 0.3) is 0 Å². The molecule has 0 radical (unpaired) electrons. The maximum atomic E-state index is 12.6. The number of hydrogen-bond acceptors (Lipinski definition) is 2. The molecule has 0 aromatic heterocycles. The molecular weight excluding hydrogens is 336 g/mol. The molecule has 0 bridgehead atoms. The molecule has 27 heavy (non-hydrogen) atoms. The zero-order chi connectivity index (χ0) is 20.0. The van der Waals surface area contributed by atoms with Crippen LogP contribution in [0.15, 0.2) is 36.4 Å². The molecule has 0 aliphatic rings. The number of nitrogens with one attached hydrogen (secondary N) is 1. The first-order valence-electron chi connectivity index (χ1n) is 9.63. The van der Waals surface area contributed by atoms with Gasteiger partial charge in [-0.1, -0.05) is 49.7 Å². The van der Waals surface area contributed by atoms with Crippen molar-refractivity contribution in [2.45, 2.75) is 53.9 Å². The van der Waals surface area contributed by atoms with E-state index in [1.807, 2.05) is 44.2 Å². The fourth-order valence-corrected chi connectivity index (χ4v) is 3.37. The number of anilines is 2. The van der Waals surface area contributed by atoms with Gasteiger partial charge in [-0.2, -0.15) is 0 Å². The normalized spacial score (nSPS) is 10.6. The maximum absolute atomic E-state index is 12.6. The van der Waals surface area contributed by atoms with Gasteiger partial charge in [0, 0.05) is 31.3 Å². The minimum atomic E-state index is -0.0679. The van der Waals surface area contributed by atoms with Crippen molar-refractivity contribution in [3.63, 3.8) is 0 Å². The summed E-state index contributed by atoms with van der Waals surface area (Å²) in [6.07, 6.45) is 1.99. The Morgan fingerprint density at radius 3 is 2.15 bits per heavy atom. The lowest BCUT2D eigenvalue weighted by Gasteiger charge is -2.23. The fourth-order valence-electron chi connectivity index (χ4n) is 3.37. The molecule has 4 heteroatoms. The van der Waals surface area contributed by atoms with Gasteiger partial charge in [0.15, 0.2) is 0 Å². The summed E-state index contributed by atoms with van der Waals surface area (Å²) < 4.78 is 0. The van der Waals surface area contributed by atoms with Crippen molar-refractivity contribution >= 4 is 23.2 Å². The monoisotopic (exact) mass is 366 g/mol. The lowest BCUT2D eigenvalue weighted by molar-refractivity contribution is -0.117. The van der Waals surface area contributed by atoms with Crippen LogP contribution in [-0.4, -0.2) is 18.4 Å². The number of para-hydroxylation sites is 1. The Balaban J connectivity index is 2.12. The largest absolute Gasteiger partial charge is 0.326 e. The van der Waals surface area contributed by atoms with E-state index in [1.54, 1.807) is 11.8 Å². The maximum Gasteiger partial charge on any atom is 0.226 e. The lowest BCUT2D eigenvalue weighted by Crippen LogP contribution is -2.32. The standard InChI is InChI=1S/C23H30N2O2/c1-6-19-9-8-10-20(7-2)23(19)24-22(27)13-14-25(18(5)26)21-12-11-16(3)15-17(21)4/h8-12,15H,6-7,13-14H2,1-5H3,(H,24,27). The molecular formula is C23H30N2O2. The molecule has 0 atom stereocenters. The molecule has 4 nitrogen and oxygen atoms in total. The van der Waals surface area contributed by atoms with Crippen molar-refractivity contribution in [3.8, 4) is 0 Å². The Morgan fingerprint density at radius 2 is 1.63 bits per heavy atom. The molecule has 0 spiro atoms. The minimum absolute atomic E-state index is 0.0574. The van der Waals surface area contributed by atoms with Crippen molar-refractivity contribution in [2.75, 3.05) is 16.8 Å². The quantitative estimate of drug-likeness (QED) is 0.764. The molecule has 0 aliphatic carbocycles. The highest BCUT2D eigenvalue weighted by Gasteiger charge is 2.16. The van der Waals surface area contributed by atoms with Crippen LogP contribution in [0, 0.1) is 13.8 Å². The number of carbonyl (C=O) groups is 2. The first kappa shape index (κ1) is 20.7. The molecule has 2 amide bonds. The zero-order valence-corrected chi connectivity index (χ0v) is 17.1. The van der Waals surface area contributed by atoms with Crippen LogP contribution in [0.25, 0.3) is 0 Å². The Hall–Kier alpha value is -2.62. The number of nitrogens with zero attached hydrogens (tertiary/aromatic N) is 1. The number of hydrogen-bond donors (Lipinski definition) is 1. The molecule has 0 saturated heterocycles. The van der Waals surface area contributed by atoms with Gasteiger partial charge in [-0.25, -0.2) is 0 Å². The van der Waals surface area contributed by atoms with E-state index < -0.39 is 0 Å². The smallest absolute Gasteiger partial charge is 0.226 e. The van der Waals surface area contributed by atoms with E-state index in [-0.39, 0.29) is 18.2 Å². The second kappa shape index (κ2) is 9.36. The second-order valence-corrected chi connectivity index (χ2v) is 6.92. The predicted molar refractivity (Wildman–Crippen MR) is 112 cm³/mol. The SMILES string of the molecule is CCc1cccc(CC)c1NC(=O)CCN(C(C)=O)c1ccc(C)cc1C. The second-order valence-electron chi connectivity index (χ2n) is 6.92. The van der Waals surface area contributed by atoms with Crippen LogP contribution < -0.4 is 10.2 Å². The van der Waals surface area contributed by atoms with Gasteiger partial charge in [-0.15, -0.1) is 0 Å². The predicted octanol–water partition coefficient (Wildman–Crippen LogP) is 4.81. The van der Waals surface area contributed by atoms with E-state index >= 15 is 0 Å². The molecule has 0 heterocycles. The molecule has 0 unspecified atom stereocenters. The third kappa shape index (κ3) is 5.19. The van der Waals surface area contributed by atoms with Crippen molar-refractivity contribution in [1.29, 1.82) is 0 Å². The molecule has 144 valence electrons. The first-order chi connectivity index (χ1) is 12.9. The van der Waals surface area contributed by atoms with Crippen molar-refractivity contribution in [2.24, 2.45) is 0 Å². The molecule has 0 fully saturated rings. The summed E-state index contributed by atoms with van der Waals surface area (Å²) in [5.74, 6) is -0.125. The summed E-state index contributed by atoms with van der Waals surface area (Å²) in [4.78, 5) is 26.4. The molecule has 2 aromatic rings. The number of benzene rings is 2.